The summed E-state index contributed by atoms with van der Waals surface area (Å²) < 4.78 is 33.7. The van der Waals surface area contributed by atoms with E-state index in [0.717, 1.165) is 18.4 Å². The molecule has 3 aliphatic heterocycles. The van der Waals surface area contributed by atoms with Crippen molar-refractivity contribution in [3.8, 4) is 0 Å². The van der Waals surface area contributed by atoms with E-state index >= 15 is 0 Å². The normalized spacial score (nSPS) is 44.0. The molecular weight excluding hydrogens is 548 g/mol. The molecule has 0 radical (unpaired) electrons. The number of rotatable bonds is 11. The van der Waals surface area contributed by atoms with Crippen LogP contribution >= 0.6 is 0 Å². The predicted molar refractivity (Wildman–Crippen MR) is 140 cm³/mol. The van der Waals surface area contributed by atoms with Crippen LogP contribution in [-0.2, 0) is 28.4 Å². The zero-order chi connectivity index (χ0) is 30.4. The molecule has 3 rings (SSSR count). The minimum atomic E-state index is -1.66. The molecule has 14 nitrogen and oxygen atoms in total. The molecule has 0 saturated carbocycles. The summed E-state index contributed by atoms with van der Waals surface area (Å²) >= 11 is 0. The van der Waals surface area contributed by atoms with Gasteiger partial charge in [0.1, 0.15) is 61.0 Å². The summed E-state index contributed by atoms with van der Waals surface area (Å²) in [5.41, 5.74) is 2.25. The van der Waals surface area contributed by atoms with Crippen LogP contribution in [0, 0.1) is 0 Å². The van der Waals surface area contributed by atoms with Crippen LogP contribution in [0.25, 0.3) is 0 Å². The lowest BCUT2D eigenvalue weighted by Gasteiger charge is -2.45. The number of ether oxygens (including phenoxy) is 6. The van der Waals surface area contributed by atoms with Gasteiger partial charge in [-0.05, 0) is 40.5 Å². The Morgan fingerprint density at radius 2 is 1.41 bits per heavy atom. The molecule has 8 N–H and O–H groups in total. The van der Waals surface area contributed by atoms with E-state index in [-0.39, 0.29) is 13.2 Å². The van der Waals surface area contributed by atoms with Crippen LogP contribution in [0.1, 0.15) is 40.5 Å². The standard InChI is InChI=1S/C27H46O14/c1-12(2)6-5-7-13(3)8-9-36-27-24(41-26-22(34)18(30)15(28)10-37-26)21(33)19(31)16(40-27)11-38-25-23(35)20(32)17(29)14(4)39-25/h6,8,14-35H,5,7,9-11H2,1-4H3/b13-8+/t14-,15+,16+,17-,18-,19+,20+,21-,22+,23+,24+,25+,26-,27+/m0/s1. The van der Waals surface area contributed by atoms with E-state index in [9.17, 15) is 40.9 Å². The van der Waals surface area contributed by atoms with E-state index in [1.807, 2.05) is 26.8 Å². The lowest BCUT2D eigenvalue weighted by molar-refractivity contribution is -0.362. The fourth-order valence-corrected chi connectivity index (χ4v) is 4.69. The van der Waals surface area contributed by atoms with E-state index in [1.165, 1.54) is 12.5 Å². The van der Waals surface area contributed by atoms with Crippen LogP contribution in [0.3, 0.4) is 0 Å². The first kappa shape index (κ1) is 34.4. The van der Waals surface area contributed by atoms with Crippen molar-refractivity contribution in [1.29, 1.82) is 0 Å². The maximum absolute atomic E-state index is 11.0. The van der Waals surface area contributed by atoms with Crippen LogP contribution in [0.15, 0.2) is 23.3 Å². The van der Waals surface area contributed by atoms with Gasteiger partial charge in [-0.15, -0.1) is 0 Å². The Kier molecular flexibility index (Phi) is 13.1. The lowest BCUT2D eigenvalue weighted by atomic mass is 9.98. The third-order valence-electron chi connectivity index (χ3n) is 7.41. The SMILES string of the molecule is CC(C)=CCC/C(C)=C/CO[C@@H]1O[C@H](CO[C@@H]2O[C@@H](C)[C@H](O)[C@@H](O)[C@H]2O)[C@@H](O)[C@H](O)[C@H]1O[C@@H]1OC[C@@H](O)[C@H](O)[C@H]1O. The van der Waals surface area contributed by atoms with E-state index < -0.39 is 92.6 Å². The van der Waals surface area contributed by atoms with Crippen LogP contribution in [-0.4, -0.2) is 147 Å². The van der Waals surface area contributed by atoms with Gasteiger partial charge in [-0.3, -0.25) is 0 Å². The van der Waals surface area contributed by atoms with Gasteiger partial charge < -0.3 is 69.3 Å². The Bertz CT molecular complexity index is 865. The molecule has 0 aromatic carbocycles. The molecule has 3 aliphatic rings. The average Bonchev–Trinajstić information content (AvgIpc) is 2.92. The molecule has 3 saturated heterocycles. The van der Waals surface area contributed by atoms with Gasteiger partial charge in [-0.25, -0.2) is 0 Å². The highest BCUT2D eigenvalue weighted by atomic mass is 16.8. The molecule has 3 heterocycles. The second-order valence-electron chi connectivity index (χ2n) is 11.1. The zero-order valence-corrected chi connectivity index (χ0v) is 23.8. The van der Waals surface area contributed by atoms with Crippen LogP contribution in [0.5, 0.6) is 0 Å². The van der Waals surface area contributed by atoms with Crippen molar-refractivity contribution < 1.29 is 69.3 Å². The monoisotopic (exact) mass is 594 g/mol. The second-order valence-corrected chi connectivity index (χ2v) is 11.1. The van der Waals surface area contributed by atoms with Crippen LogP contribution < -0.4 is 0 Å². The van der Waals surface area contributed by atoms with E-state index in [4.69, 9.17) is 28.4 Å². The van der Waals surface area contributed by atoms with Gasteiger partial charge in [0, 0.05) is 0 Å². The topological polar surface area (TPSA) is 217 Å². The number of hydrogen-bond acceptors (Lipinski definition) is 14. The molecule has 238 valence electrons. The molecule has 0 bridgehead atoms. The number of aliphatic hydroxyl groups is 8. The van der Waals surface area contributed by atoms with Gasteiger partial charge in [-0.1, -0.05) is 23.3 Å². The fraction of sp³-hybridized carbons (Fsp3) is 0.852. The highest BCUT2D eigenvalue weighted by Gasteiger charge is 2.50. The summed E-state index contributed by atoms with van der Waals surface area (Å²) in [6.45, 7) is 6.76. The second kappa shape index (κ2) is 15.6. The Hall–Kier alpha value is -1.08. The molecular formula is C27H46O14. The maximum atomic E-state index is 11.0. The Balaban J connectivity index is 1.69. The Morgan fingerprint density at radius 1 is 0.732 bits per heavy atom. The average molecular weight is 595 g/mol. The van der Waals surface area contributed by atoms with E-state index in [0.29, 0.717) is 0 Å². The lowest BCUT2D eigenvalue weighted by Crippen LogP contribution is -2.63. The Labute approximate surface area is 239 Å². The largest absolute Gasteiger partial charge is 0.388 e. The van der Waals surface area contributed by atoms with E-state index in [1.54, 1.807) is 0 Å². The molecule has 14 heteroatoms. The fourth-order valence-electron chi connectivity index (χ4n) is 4.69. The van der Waals surface area contributed by atoms with Gasteiger partial charge in [0.2, 0.25) is 0 Å². The molecule has 3 fully saturated rings. The molecule has 0 aromatic rings. The third kappa shape index (κ3) is 8.97. The van der Waals surface area contributed by atoms with Crippen molar-refractivity contribution in [2.24, 2.45) is 0 Å². The molecule has 0 amide bonds. The summed E-state index contributed by atoms with van der Waals surface area (Å²) in [5.74, 6) is 0. The summed E-state index contributed by atoms with van der Waals surface area (Å²) in [5, 5.41) is 82.0. The number of hydrogen-bond donors (Lipinski definition) is 8. The van der Waals surface area contributed by atoms with Crippen molar-refractivity contribution in [3.63, 3.8) is 0 Å². The van der Waals surface area contributed by atoms with Gasteiger partial charge in [-0.2, -0.15) is 0 Å². The van der Waals surface area contributed by atoms with Gasteiger partial charge in [0.15, 0.2) is 18.9 Å². The summed E-state index contributed by atoms with van der Waals surface area (Å²) in [6.07, 6.45) is -14.2. The van der Waals surface area contributed by atoms with Crippen molar-refractivity contribution in [2.45, 2.75) is 127 Å². The summed E-state index contributed by atoms with van der Waals surface area (Å²) in [4.78, 5) is 0. The van der Waals surface area contributed by atoms with Gasteiger partial charge >= 0.3 is 0 Å². The molecule has 0 unspecified atom stereocenters. The summed E-state index contributed by atoms with van der Waals surface area (Å²) in [6, 6.07) is 0. The highest BCUT2D eigenvalue weighted by Crippen LogP contribution is 2.30. The highest BCUT2D eigenvalue weighted by molar-refractivity contribution is 5.02. The van der Waals surface area contributed by atoms with E-state index in [2.05, 4.69) is 6.08 Å². The van der Waals surface area contributed by atoms with Crippen molar-refractivity contribution in [3.05, 3.63) is 23.3 Å². The molecule has 0 aliphatic carbocycles. The maximum Gasteiger partial charge on any atom is 0.187 e. The van der Waals surface area contributed by atoms with Gasteiger partial charge in [0.05, 0.1) is 25.9 Å². The number of allylic oxidation sites excluding steroid dienone is 3. The quantitative estimate of drug-likeness (QED) is 0.119. The zero-order valence-electron chi connectivity index (χ0n) is 23.8. The first-order valence-electron chi connectivity index (χ1n) is 13.9. The van der Waals surface area contributed by atoms with Crippen molar-refractivity contribution >= 4 is 0 Å². The molecule has 0 spiro atoms. The minimum absolute atomic E-state index is 0.0447. The van der Waals surface area contributed by atoms with Crippen molar-refractivity contribution in [2.75, 3.05) is 19.8 Å². The Morgan fingerprint density at radius 3 is 2.10 bits per heavy atom. The molecule has 14 atom stereocenters. The molecule has 0 aromatic heterocycles. The first-order valence-corrected chi connectivity index (χ1v) is 13.9. The summed E-state index contributed by atoms with van der Waals surface area (Å²) in [7, 11) is 0. The predicted octanol–water partition coefficient (Wildman–Crippen LogP) is -2.19. The smallest absolute Gasteiger partial charge is 0.187 e. The molecule has 41 heavy (non-hydrogen) atoms. The number of aliphatic hydroxyl groups excluding tert-OH is 8. The van der Waals surface area contributed by atoms with Gasteiger partial charge in [0.25, 0.3) is 0 Å². The van der Waals surface area contributed by atoms with Crippen LogP contribution in [0.2, 0.25) is 0 Å². The van der Waals surface area contributed by atoms with Crippen molar-refractivity contribution in [1.82, 2.24) is 0 Å². The third-order valence-corrected chi connectivity index (χ3v) is 7.41. The van der Waals surface area contributed by atoms with Crippen LogP contribution in [0.4, 0.5) is 0 Å². The minimum Gasteiger partial charge on any atom is -0.388 e. The first-order chi connectivity index (χ1) is 19.3.